The molecule has 1 aromatic heterocycles. The summed E-state index contributed by atoms with van der Waals surface area (Å²) in [5, 5.41) is 3.26. The number of H-pyrrole nitrogens is 1. The molecule has 186 valence electrons. The molecule has 0 radical (unpaired) electrons. The highest BCUT2D eigenvalue weighted by molar-refractivity contribution is 5.97. The van der Waals surface area contributed by atoms with Crippen LogP contribution in [0, 0.1) is 0 Å². The van der Waals surface area contributed by atoms with Crippen molar-refractivity contribution in [1.29, 1.82) is 0 Å². The third-order valence-corrected chi connectivity index (χ3v) is 6.30. The molecule has 0 aliphatic heterocycles. The molecule has 35 heavy (non-hydrogen) atoms. The van der Waals surface area contributed by atoms with E-state index in [1.165, 1.54) is 25.5 Å². The molecule has 7 nitrogen and oxygen atoms in total. The molecule has 2 N–H and O–H groups in total. The number of rotatable bonds is 10. The smallest absolute Gasteiger partial charge is 0.257 e. The fourth-order valence-electron chi connectivity index (χ4n) is 4.38. The Kier molecular flexibility index (Phi) is 8.55. The van der Waals surface area contributed by atoms with Gasteiger partial charge in [0.05, 0.1) is 19.3 Å². The Morgan fingerprint density at radius 3 is 2.57 bits per heavy atom. The van der Waals surface area contributed by atoms with E-state index < -0.39 is 5.91 Å². The average molecular weight is 479 g/mol. The van der Waals surface area contributed by atoms with Gasteiger partial charge >= 0.3 is 0 Å². The van der Waals surface area contributed by atoms with Gasteiger partial charge in [0.25, 0.3) is 5.91 Å². The summed E-state index contributed by atoms with van der Waals surface area (Å²) in [5.41, 5.74) is 2.38. The zero-order valence-electron chi connectivity index (χ0n) is 20.5. The predicted molar refractivity (Wildman–Crippen MR) is 136 cm³/mol. The van der Waals surface area contributed by atoms with Crippen LogP contribution in [-0.2, 0) is 22.6 Å². The van der Waals surface area contributed by atoms with Crippen LogP contribution in [0.25, 0.3) is 10.9 Å². The van der Waals surface area contributed by atoms with E-state index in [0.717, 1.165) is 24.0 Å². The second kappa shape index (κ2) is 12.0. The number of amides is 1. The SMILES string of the molecule is CCOc1ccc2[nH]cc(C(=O)NCc3ccc(COC(C)OC4CCCCC4)cc3)c(=O)c2c1. The quantitative estimate of drug-likeness (QED) is 0.397. The Hall–Kier alpha value is -3.16. The molecule has 1 fully saturated rings. The van der Waals surface area contributed by atoms with Gasteiger partial charge in [-0.2, -0.15) is 0 Å². The molecule has 1 heterocycles. The summed E-state index contributed by atoms with van der Waals surface area (Å²) in [7, 11) is 0. The summed E-state index contributed by atoms with van der Waals surface area (Å²) in [5.74, 6) is 0.179. The molecule has 1 atom stereocenters. The van der Waals surface area contributed by atoms with Gasteiger partial charge < -0.3 is 24.5 Å². The average Bonchev–Trinajstić information content (AvgIpc) is 2.88. The van der Waals surface area contributed by atoms with Gasteiger partial charge in [-0.25, -0.2) is 0 Å². The highest BCUT2D eigenvalue weighted by Crippen LogP contribution is 2.22. The molecule has 1 aliphatic carbocycles. The van der Waals surface area contributed by atoms with Gasteiger partial charge in [-0.05, 0) is 56.0 Å². The number of benzene rings is 2. The number of nitrogens with one attached hydrogen (secondary N) is 2. The lowest BCUT2D eigenvalue weighted by Gasteiger charge is -2.25. The second-order valence-electron chi connectivity index (χ2n) is 8.95. The van der Waals surface area contributed by atoms with E-state index in [-0.39, 0.29) is 17.3 Å². The van der Waals surface area contributed by atoms with E-state index in [2.05, 4.69) is 10.3 Å². The number of hydrogen-bond acceptors (Lipinski definition) is 5. The van der Waals surface area contributed by atoms with Crippen LogP contribution in [-0.4, -0.2) is 29.9 Å². The van der Waals surface area contributed by atoms with Crippen molar-refractivity contribution in [2.24, 2.45) is 0 Å². The van der Waals surface area contributed by atoms with E-state index in [9.17, 15) is 9.59 Å². The molecule has 4 rings (SSSR count). The molecule has 7 heteroatoms. The van der Waals surface area contributed by atoms with E-state index in [1.807, 2.05) is 38.1 Å². The van der Waals surface area contributed by atoms with Crippen molar-refractivity contribution in [3.8, 4) is 5.75 Å². The van der Waals surface area contributed by atoms with E-state index in [4.69, 9.17) is 14.2 Å². The van der Waals surface area contributed by atoms with Gasteiger partial charge in [0.15, 0.2) is 6.29 Å². The minimum absolute atomic E-state index is 0.0723. The van der Waals surface area contributed by atoms with Gasteiger partial charge in [-0.3, -0.25) is 9.59 Å². The van der Waals surface area contributed by atoms with Crippen LogP contribution < -0.4 is 15.5 Å². The molecular formula is C28H34N2O5. The highest BCUT2D eigenvalue weighted by atomic mass is 16.7. The predicted octanol–water partition coefficient (Wildman–Crippen LogP) is 5.07. The van der Waals surface area contributed by atoms with E-state index in [0.29, 0.717) is 42.5 Å². The van der Waals surface area contributed by atoms with Crippen molar-refractivity contribution in [2.75, 3.05) is 6.61 Å². The number of ether oxygens (including phenoxy) is 3. The Balaban J connectivity index is 1.30. The Bertz CT molecular complexity index is 1180. The van der Waals surface area contributed by atoms with Crippen LogP contribution in [0.3, 0.4) is 0 Å². The van der Waals surface area contributed by atoms with Crippen LogP contribution in [0.5, 0.6) is 5.75 Å². The van der Waals surface area contributed by atoms with Crippen molar-refractivity contribution >= 4 is 16.8 Å². The normalized spacial score (nSPS) is 15.1. The number of hydrogen-bond donors (Lipinski definition) is 2. The van der Waals surface area contributed by atoms with E-state index in [1.54, 1.807) is 18.2 Å². The summed E-state index contributed by atoms with van der Waals surface area (Å²) >= 11 is 0. The Morgan fingerprint density at radius 2 is 1.83 bits per heavy atom. The molecule has 1 aliphatic rings. The number of aromatic amines is 1. The lowest BCUT2D eigenvalue weighted by Crippen LogP contribution is -2.28. The number of pyridine rings is 1. The number of carbonyl (C=O) groups excluding carboxylic acids is 1. The Labute approximate surface area is 205 Å². The van der Waals surface area contributed by atoms with Gasteiger partial charge in [0.2, 0.25) is 5.43 Å². The standard InChI is InChI=1S/C28H34N2O5/c1-3-33-23-13-14-26-24(15-23)27(31)25(17-29-26)28(32)30-16-20-9-11-21(12-10-20)18-34-19(2)35-22-7-5-4-6-8-22/h9-15,17,19,22H,3-8,16,18H2,1-2H3,(H,29,31)(H,30,32). The summed E-state index contributed by atoms with van der Waals surface area (Å²) in [6.45, 7) is 5.12. The minimum Gasteiger partial charge on any atom is -0.494 e. The summed E-state index contributed by atoms with van der Waals surface area (Å²) in [6, 6.07) is 13.1. The minimum atomic E-state index is -0.420. The molecule has 1 unspecified atom stereocenters. The lowest BCUT2D eigenvalue weighted by molar-refractivity contribution is -0.172. The summed E-state index contributed by atoms with van der Waals surface area (Å²) in [4.78, 5) is 28.6. The third kappa shape index (κ3) is 6.71. The third-order valence-electron chi connectivity index (χ3n) is 6.30. The van der Waals surface area contributed by atoms with Gasteiger partial charge in [-0.1, -0.05) is 43.5 Å². The lowest BCUT2D eigenvalue weighted by atomic mass is 9.98. The second-order valence-corrected chi connectivity index (χ2v) is 8.95. The van der Waals surface area contributed by atoms with Crippen molar-refractivity contribution < 1.29 is 19.0 Å². The van der Waals surface area contributed by atoms with Crippen LogP contribution >= 0.6 is 0 Å². The molecule has 0 spiro atoms. The summed E-state index contributed by atoms with van der Waals surface area (Å²) < 4.78 is 17.3. The van der Waals surface area contributed by atoms with Crippen LogP contribution in [0.4, 0.5) is 0 Å². The van der Waals surface area contributed by atoms with Crippen molar-refractivity contribution in [3.05, 3.63) is 75.6 Å². The number of carbonyl (C=O) groups is 1. The maximum absolute atomic E-state index is 12.9. The Morgan fingerprint density at radius 1 is 1.09 bits per heavy atom. The zero-order chi connectivity index (χ0) is 24.6. The largest absolute Gasteiger partial charge is 0.494 e. The van der Waals surface area contributed by atoms with Crippen molar-refractivity contribution in [2.45, 2.75) is 71.5 Å². The number of aromatic nitrogens is 1. The molecule has 1 saturated carbocycles. The van der Waals surface area contributed by atoms with Crippen LogP contribution in [0.15, 0.2) is 53.5 Å². The fraction of sp³-hybridized carbons (Fsp3) is 0.429. The fourth-order valence-corrected chi connectivity index (χ4v) is 4.38. The van der Waals surface area contributed by atoms with Gasteiger partial charge in [-0.15, -0.1) is 0 Å². The first kappa shape index (κ1) is 24.9. The highest BCUT2D eigenvalue weighted by Gasteiger charge is 2.17. The van der Waals surface area contributed by atoms with Crippen LogP contribution in [0.1, 0.15) is 67.4 Å². The first-order valence-electron chi connectivity index (χ1n) is 12.4. The summed E-state index contributed by atoms with van der Waals surface area (Å²) in [6.07, 6.45) is 7.54. The first-order valence-corrected chi connectivity index (χ1v) is 12.4. The molecule has 3 aromatic rings. The van der Waals surface area contributed by atoms with Crippen molar-refractivity contribution in [1.82, 2.24) is 10.3 Å². The first-order chi connectivity index (χ1) is 17.0. The maximum atomic E-state index is 12.9. The molecule has 1 amide bonds. The van der Waals surface area contributed by atoms with Gasteiger partial charge in [0.1, 0.15) is 11.3 Å². The number of fused-ring (bicyclic) bond motifs is 1. The molecular weight excluding hydrogens is 444 g/mol. The molecule has 0 saturated heterocycles. The monoisotopic (exact) mass is 478 g/mol. The maximum Gasteiger partial charge on any atom is 0.257 e. The van der Waals surface area contributed by atoms with Gasteiger partial charge in [0, 0.05) is 23.6 Å². The zero-order valence-corrected chi connectivity index (χ0v) is 20.5. The molecule has 0 bridgehead atoms. The topological polar surface area (TPSA) is 89.7 Å². The van der Waals surface area contributed by atoms with E-state index >= 15 is 0 Å². The molecule has 2 aromatic carbocycles. The van der Waals surface area contributed by atoms with Crippen LogP contribution in [0.2, 0.25) is 0 Å². The van der Waals surface area contributed by atoms with Crippen molar-refractivity contribution in [3.63, 3.8) is 0 Å².